The second kappa shape index (κ2) is 6.08. The van der Waals surface area contributed by atoms with Gasteiger partial charge in [-0.1, -0.05) is 12.6 Å². The Morgan fingerprint density at radius 3 is 2.73 bits per heavy atom. The molecule has 22 heavy (non-hydrogen) atoms. The summed E-state index contributed by atoms with van der Waals surface area (Å²) in [6.07, 6.45) is 5.03. The largest absolute Gasteiger partial charge is 0.380 e. The lowest BCUT2D eigenvalue weighted by Gasteiger charge is -2.21. The monoisotopic (exact) mass is 298 g/mol. The van der Waals surface area contributed by atoms with Crippen molar-refractivity contribution < 1.29 is 9.90 Å². The summed E-state index contributed by atoms with van der Waals surface area (Å²) in [6, 6.07) is 1.76. The number of Topliss-reactive ketones (excluding diaryl/α,β-unsaturated/α-hetero) is 1. The second-order valence-electron chi connectivity index (χ2n) is 5.68. The molecule has 1 atom stereocenters. The highest BCUT2D eigenvalue weighted by Crippen LogP contribution is 2.18. The van der Waals surface area contributed by atoms with Gasteiger partial charge in [0.15, 0.2) is 5.78 Å². The summed E-state index contributed by atoms with van der Waals surface area (Å²) in [7, 11) is 0. The van der Waals surface area contributed by atoms with Crippen LogP contribution in [0.15, 0.2) is 24.7 Å². The van der Waals surface area contributed by atoms with Crippen molar-refractivity contribution in [2.24, 2.45) is 0 Å². The molecule has 0 saturated carbocycles. The van der Waals surface area contributed by atoms with Crippen LogP contribution in [0.2, 0.25) is 0 Å². The summed E-state index contributed by atoms with van der Waals surface area (Å²) in [5.41, 5.74) is 0.873. The Bertz CT molecular complexity index is 741. The van der Waals surface area contributed by atoms with E-state index in [9.17, 15) is 9.90 Å². The highest BCUT2D eigenvalue weighted by atomic mass is 16.3. The van der Waals surface area contributed by atoms with Crippen molar-refractivity contribution in [1.29, 1.82) is 0 Å². The van der Waals surface area contributed by atoms with Gasteiger partial charge in [0.05, 0.1) is 12.7 Å². The van der Waals surface area contributed by atoms with Crippen LogP contribution >= 0.6 is 0 Å². The van der Waals surface area contributed by atoms with Crippen LogP contribution in [0.25, 0.3) is 4.85 Å². The summed E-state index contributed by atoms with van der Waals surface area (Å²) in [4.78, 5) is 19.6. The number of rotatable bonds is 5. The van der Waals surface area contributed by atoms with Gasteiger partial charge < -0.3 is 9.95 Å². The Hall–Kier alpha value is -2.52. The van der Waals surface area contributed by atoms with Crippen molar-refractivity contribution in [3.8, 4) is 0 Å². The summed E-state index contributed by atoms with van der Waals surface area (Å²) in [5.74, 6) is 0.0207. The summed E-state index contributed by atoms with van der Waals surface area (Å²) in [5, 5.41) is 14.5. The molecule has 0 radical (unpaired) electrons. The molecule has 0 saturated heterocycles. The number of carbonyl (C=O) groups is 1. The van der Waals surface area contributed by atoms with Gasteiger partial charge in [-0.2, -0.15) is 5.10 Å². The predicted octanol–water partition coefficient (Wildman–Crippen LogP) is 2.01. The summed E-state index contributed by atoms with van der Waals surface area (Å²) >= 11 is 0. The standard InChI is InChI=1S/C16H18N4O2/c1-11-7-19-20(9-11)10-16(3,22)14(21)6-13-5-12(2)15(17-4)18-8-13/h5,7-9,22H,6,10H2,1-3H3/t16-/m0/s1. The Morgan fingerprint density at radius 2 is 2.18 bits per heavy atom. The zero-order valence-corrected chi connectivity index (χ0v) is 12.9. The molecule has 2 rings (SSSR count). The molecule has 1 N–H and O–H groups in total. The summed E-state index contributed by atoms with van der Waals surface area (Å²) in [6.45, 7) is 12.2. The predicted molar refractivity (Wildman–Crippen MR) is 81.5 cm³/mol. The van der Waals surface area contributed by atoms with E-state index in [2.05, 4.69) is 14.9 Å². The van der Waals surface area contributed by atoms with E-state index in [4.69, 9.17) is 6.57 Å². The maximum atomic E-state index is 12.3. The van der Waals surface area contributed by atoms with Crippen LogP contribution in [0.5, 0.6) is 0 Å². The molecule has 0 amide bonds. The van der Waals surface area contributed by atoms with E-state index >= 15 is 0 Å². The van der Waals surface area contributed by atoms with Gasteiger partial charge in [0, 0.05) is 18.2 Å². The van der Waals surface area contributed by atoms with Crippen molar-refractivity contribution >= 4 is 11.6 Å². The van der Waals surface area contributed by atoms with Crippen LogP contribution in [0.3, 0.4) is 0 Å². The number of nitrogens with zero attached hydrogens (tertiary/aromatic N) is 4. The highest BCUT2D eigenvalue weighted by molar-refractivity contribution is 5.88. The molecule has 0 unspecified atom stereocenters. The van der Waals surface area contributed by atoms with E-state index in [0.717, 1.165) is 11.1 Å². The van der Waals surface area contributed by atoms with Crippen molar-refractivity contribution in [2.75, 3.05) is 0 Å². The first kappa shape index (κ1) is 15.9. The first-order valence-electron chi connectivity index (χ1n) is 6.89. The molecular weight excluding hydrogens is 280 g/mol. The molecule has 2 aromatic heterocycles. The molecule has 0 aliphatic carbocycles. The minimum absolute atomic E-state index is 0.0688. The molecular formula is C16H18N4O2. The molecule has 0 aromatic carbocycles. The molecule has 0 aliphatic rings. The first-order valence-corrected chi connectivity index (χ1v) is 6.89. The number of hydrogen-bond acceptors (Lipinski definition) is 4. The molecule has 6 nitrogen and oxygen atoms in total. The van der Waals surface area contributed by atoms with Crippen molar-refractivity contribution in [2.45, 2.75) is 39.3 Å². The number of carbonyl (C=O) groups excluding carboxylic acids is 1. The number of aromatic nitrogens is 3. The second-order valence-corrected chi connectivity index (χ2v) is 5.68. The molecule has 0 bridgehead atoms. The molecule has 0 fully saturated rings. The number of pyridine rings is 1. The third-order valence-corrected chi connectivity index (χ3v) is 3.41. The lowest BCUT2D eigenvalue weighted by molar-refractivity contribution is -0.136. The van der Waals surface area contributed by atoms with Gasteiger partial charge in [-0.15, -0.1) is 4.98 Å². The lowest BCUT2D eigenvalue weighted by atomic mass is 9.95. The molecule has 2 aromatic rings. The zero-order valence-electron chi connectivity index (χ0n) is 12.9. The van der Waals surface area contributed by atoms with Gasteiger partial charge in [0.2, 0.25) is 0 Å². The van der Waals surface area contributed by atoms with Gasteiger partial charge in [-0.25, -0.2) is 0 Å². The number of ketones is 1. The fraction of sp³-hybridized carbons (Fsp3) is 0.375. The topological polar surface area (TPSA) is 72.4 Å². The van der Waals surface area contributed by atoms with Crippen LogP contribution in [-0.4, -0.2) is 31.3 Å². The Labute approximate surface area is 129 Å². The van der Waals surface area contributed by atoms with E-state index in [-0.39, 0.29) is 18.7 Å². The minimum atomic E-state index is -1.51. The van der Waals surface area contributed by atoms with Crippen molar-refractivity contribution in [3.63, 3.8) is 0 Å². The van der Waals surface area contributed by atoms with Crippen LogP contribution in [0.4, 0.5) is 5.82 Å². The Balaban J connectivity index is 2.10. The third-order valence-electron chi connectivity index (χ3n) is 3.41. The van der Waals surface area contributed by atoms with Gasteiger partial charge in [-0.3, -0.25) is 9.48 Å². The maximum absolute atomic E-state index is 12.3. The summed E-state index contributed by atoms with van der Waals surface area (Å²) < 4.78 is 1.55. The van der Waals surface area contributed by atoms with Gasteiger partial charge >= 0.3 is 0 Å². The molecule has 2 heterocycles. The van der Waals surface area contributed by atoms with Crippen LogP contribution in [0.1, 0.15) is 23.6 Å². The van der Waals surface area contributed by atoms with Crippen LogP contribution < -0.4 is 0 Å². The van der Waals surface area contributed by atoms with Crippen LogP contribution in [-0.2, 0) is 17.8 Å². The normalized spacial score (nSPS) is 13.4. The molecule has 0 spiro atoms. The molecule has 114 valence electrons. The van der Waals surface area contributed by atoms with Gasteiger partial charge in [0.1, 0.15) is 11.8 Å². The fourth-order valence-electron chi connectivity index (χ4n) is 2.17. The lowest BCUT2D eigenvalue weighted by Crippen LogP contribution is -2.40. The first-order chi connectivity index (χ1) is 10.3. The Morgan fingerprint density at radius 1 is 1.45 bits per heavy atom. The van der Waals surface area contributed by atoms with Gasteiger partial charge in [-0.05, 0) is 31.9 Å². The SMILES string of the molecule is [C-]#[N+]c1ncc(CC(=O)[C@@](C)(O)Cn2cc(C)cn2)cc1C. The molecule has 0 aliphatic heterocycles. The van der Waals surface area contributed by atoms with Crippen molar-refractivity contribution in [1.82, 2.24) is 14.8 Å². The highest BCUT2D eigenvalue weighted by Gasteiger charge is 2.31. The third kappa shape index (κ3) is 3.57. The Kier molecular flexibility index (Phi) is 4.38. The van der Waals surface area contributed by atoms with E-state index in [1.165, 1.54) is 13.1 Å². The van der Waals surface area contributed by atoms with Crippen LogP contribution in [0, 0.1) is 20.4 Å². The van der Waals surface area contributed by atoms with E-state index in [1.807, 2.05) is 6.92 Å². The minimum Gasteiger partial charge on any atom is -0.380 e. The molecule has 6 heteroatoms. The number of aliphatic hydroxyl groups is 1. The quantitative estimate of drug-likeness (QED) is 0.857. The van der Waals surface area contributed by atoms with Gasteiger partial charge in [0.25, 0.3) is 5.82 Å². The van der Waals surface area contributed by atoms with Crippen molar-refractivity contribution in [3.05, 3.63) is 52.8 Å². The fourth-order valence-corrected chi connectivity index (χ4v) is 2.17. The van der Waals surface area contributed by atoms with E-state index in [1.54, 1.807) is 30.1 Å². The smallest absolute Gasteiger partial charge is 0.272 e. The number of hydrogen-bond donors (Lipinski definition) is 1. The average Bonchev–Trinajstić information content (AvgIpc) is 2.83. The van der Waals surface area contributed by atoms with E-state index < -0.39 is 5.60 Å². The number of aryl methyl sites for hydroxylation is 2. The van der Waals surface area contributed by atoms with E-state index in [0.29, 0.717) is 11.4 Å². The zero-order chi connectivity index (χ0) is 16.3. The maximum Gasteiger partial charge on any atom is 0.272 e. The average molecular weight is 298 g/mol.